The zero-order valence-electron chi connectivity index (χ0n) is 10.0. The SMILES string of the molecule is C=CC#COC(=O)c1ccc(C(=O)O)c(C(=O)O)c1.O. The number of allylic oxidation sites excluding steroid dienone is 1. The Labute approximate surface area is 113 Å². The summed E-state index contributed by atoms with van der Waals surface area (Å²) in [5, 5.41) is 17.7. The molecule has 0 aliphatic carbocycles. The Bertz CT molecular complexity index is 619. The number of rotatable bonds is 3. The molecule has 0 aliphatic rings. The number of carbonyl (C=O) groups is 3. The number of carboxylic acid groups (broad SMARTS) is 2. The summed E-state index contributed by atoms with van der Waals surface area (Å²) in [6.07, 6.45) is 3.25. The second kappa shape index (κ2) is 7.35. The van der Waals surface area contributed by atoms with Crippen LogP contribution in [0.4, 0.5) is 0 Å². The molecule has 0 bridgehead atoms. The van der Waals surface area contributed by atoms with Crippen LogP contribution >= 0.6 is 0 Å². The van der Waals surface area contributed by atoms with Gasteiger partial charge < -0.3 is 20.4 Å². The first-order valence-electron chi connectivity index (χ1n) is 4.90. The highest BCUT2D eigenvalue weighted by Crippen LogP contribution is 2.13. The van der Waals surface area contributed by atoms with Crippen LogP contribution in [0.2, 0.25) is 0 Å². The Morgan fingerprint density at radius 1 is 1.15 bits per heavy atom. The molecule has 104 valence electrons. The van der Waals surface area contributed by atoms with E-state index in [1.54, 1.807) is 0 Å². The fraction of sp³-hybridized carbons (Fsp3) is 0. The molecule has 1 aromatic carbocycles. The van der Waals surface area contributed by atoms with E-state index in [-0.39, 0.29) is 11.0 Å². The van der Waals surface area contributed by atoms with Gasteiger partial charge in [-0.05, 0) is 30.2 Å². The molecule has 0 amide bonds. The van der Waals surface area contributed by atoms with E-state index in [1.165, 1.54) is 6.08 Å². The maximum atomic E-state index is 11.5. The number of carboxylic acids is 2. The minimum absolute atomic E-state index is 0. The normalized spacial score (nSPS) is 8.40. The highest BCUT2D eigenvalue weighted by Gasteiger charge is 2.18. The van der Waals surface area contributed by atoms with Crippen molar-refractivity contribution < 1.29 is 34.8 Å². The molecule has 0 aromatic heterocycles. The summed E-state index contributed by atoms with van der Waals surface area (Å²) in [4.78, 5) is 33.2. The lowest BCUT2D eigenvalue weighted by Gasteiger charge is -2.03. The molecule has 0 aliphatic heterocycles. The Morgan fingerprint density at radius 2 is 1.75 bits per heavy atom. The predicted molar refractivity (Wildman–Crippen MR) is 67.4 cm³/mol. The minimum atomic E-state index is -1.45. The van der Waals surface area contributed by atoms with Crippen LogP contribution in [0.1, 0.15) is 31.1 Å². The van der Waals surface area contributed by atoms with E-state index in [1.807, 2.05) is 6.11 Å². The zero-order chi connectivity index (χ0) is 14.4. The molecular formula is C13H10O7. The second-order valence-electron chi connectivity index (χ2n) is 3.21. The molecule has 1 rings (SSSR count). The van der Waals surface area contributed by atoms with Crippen molar-refractivity contribution in [2.24, 2.45) is 0 Å². The lowest BCUT2D eigenvalue weighted by atomic mass is 10.0. The first kappa shape index (κ1) is 16.9. The van der Waals surface area contributed by atoms with Gasteiger partial charge in [0.25, 0.3) is 0 Å². The van der Waals surface area contributed by atoms with E-state index < -0.39 is 29.0 Å². The average Bonchev–Trinajstić information content (AvgIpc) is 2.38. The van der Waals surface area contributed by atoms with Crippen molar-refractivity contribution in [2.45, 2.75) is 0 Å². The molecule has 0 fully saturated rings. The van der Waals surface area contributed by atoms with Gasteiger partial charge in [0.15, 0.2) is 0 Å². The smallest absolute Gasteiger partial charge is 0.352 e. The van der Waals surface area contributed by atoms with E-state index in [0.29, 0.717) is 0 Å². The second-order valence-corrected chi connectivity index (χ2v) is 3.21. The molecule has 0 spiro atoms. The number of benzene rings is 1. The third-order valence-corrected chi connectivity index (χ3v) is 2.02. The van der Waals surface area contributed by atoms with Crippen molar-refractivity contribution in [1.82, 2.24) is 0 Å². The number of esters is 1. The summed E-state index contributed by atoms with van der Waals surface area (Å²) in [5.74, 6) is -1.46. The minimum Gasteiger partial charge on any atom is -0.478 e. The number of aromatic carboxylic acids is 2. The number of carbonyl (C=O) groups excluding carboxylic acids is 1. The summed E-state index contributed by atoms with van der Waals surface area (Å²) < 4.78 is 4.49. The molecule has 7 heteroatoms. The Hall–Kier alpha value is -3.11. The van der Waals surface area contributed by atoms with E-state index in [4.69, 9.17) is 10.2 Å². The van der Waals surface area contributed by atoms with Crippen LogP contribution in [0.15, 0.2) is 30.9 Å². The maximum Gasteiger partial charge on any atom is 0.352 e. The van der Waals surface area contributed by atoms with Gasteiger partial charge in [0.2, 0.25) is 0 Å². The summed E-state index contributed by atoms with van der Waals surface area (Å²) >= 11 is 0. The first-order chi connectivity index (χ1) is 8.97. The third kappa shape index (κ3) is 3.97. The van der Waals surface area contributed by atoms with Gasteiger partial charge in [-0.15, -0.1) is 0 Å². The monoisotopic (exact) mass is 278 g/mol. The molecule has 0 atom stereocenters. The molecular weight excluding hydrogens is 268 g/mol. The maximum absolute atomic E-state index is 11.5. The van der Waals surface area contributed by atoms with Crippen molar-refractivity contribution in [3.8, 4) is 12.0 Å². The van der Waals surface area contributed by atoms with Gasteiger partial charge >= 0.3 is 17.9 Å². The van der Waals surface area contributed by atoms with Crippen molar-refractivity contribution in [1.29, 1.82) is 0 Å². The van der Waals surface area contributed by atoms with Gasteiger partial charge in [-0.1, -0.05) is 6.58 Å². The molecule has 0 saturated heterocycles. The largest absolute Gasteiger partial charge is 0.478 e. The van der Waals surface area contributed by atoms with Crippen molar-refractivity contribution in [3.63, 3.8) is 0 Å². The summed E-state index contributed by atoms with van der Waals surface area (Å²) in [5.41, 5.74) is -1.03. The number of ether oxygens (including phenoxy) is 1. The first-order valence-corrected chi connectivity index (χ1v) is 4.90. The van der Waals surface area contributed by atoms with E-state index >= 15 is 0 Å². The van der Waals surface area contributed by atoms with Crippen LogP contribution in [-0.4, -0.2) is 33.6 Å². The van der Waals surface area contributed by atoms with Gasteiger partial charge in [-0.3, -0.25) is 0 Å². The highest BCUT2D eigenvalue weighted by molar-refractivity contribution is 6.04. The van der Waals surface area contributed by atoms with Crippen LogP contribution in [0.5, 0.6) is 0 Å². The molecule has 7 nitrogen and oxygen atoms in total. The Balaban J connectivity index is 0.00000361. The van der Waals surface area contributed by atoms with E-state index in [0.717, 1.165) is 18.2 Å². The Morgan fingerprint density at radius 3 is 2.25 bits per heavy atom. The van der Waals surface area contributed by atoms with Gasteiger partial charge in [0, 0.05) is 0 Å². The molecule has 0 saturated carbocycles. The van der Waals surface area contributed by atoms with Crippen molar-refractivity contribution in [2.75, 3.05) is 0 Å². The number of hydrogen-bond acceptors (Lipinski definition) is 4. The molecule has 20 heavy (non-hydrogen) atoms. The quantitative estimate of drug-likeness (QED) is 0.613. The lowest BCUT2D eigenvalue weighted by molar-refractivity contribution is 0.0649. The summed E-state index contributed by atoms with van der Waals surface area (Å²) in [7, 11) is 0. The fourth-order valence-corrected chi connectivity index (χ4v) is 1.21. The Kier molecular flexibility index (Phi) is 6.21. The van der Waals surface area contributed by atoms with Crippen molar-refractivity contribution in [3.05, 3.63) is 47.5 Å². The van der Waals surface area contributed by atoms with Crippen LogP contribution in [0.3, 0.4) is 0 Å². The number of hydrogen-bond donors (Lipinski definition) is 2. The molecule has 0 radical (unpaired) electrons. The molecule has 4 N–H and O–H groups in total. The summed E-state index contributed by atoms with van der Waals surface area (Å²) in [6.45, 7) is 3.29. The topological polar surface area (TPSA) is 132 Å². The van der Waals surface area contributed by atoms with E-state index in [2.05, 4.69) is 17.2 Å². The summed E-state index contributed by atoms with van der Waals surface area (Å²) in [6, 6.07) is 3.08. The van der Waals surface area contributed by atoms with E-state index in [9.17, 15) is 14.4 Å². The van der Waals surface area contributed by atoms with Gasteiger partial charge in [-0.2, -0.15) is 0 Å². The molecule has 1 aromatic rings. The zero-order valence-corrected chi connectivity index (χ0v) is 10.0. The van der Waals surface area contributed by atoms with Crippen molar-refractivity contribution >= 4 is 17.9 Å². The predicted octanol–water partition coefficient (Wildman–Crippen LogP) is 0.562. The standard InChI is InChI=1S/C13H8O6.H2O/c1-2-3-6-19-13(18)8-4-5-9(11(14)15)10(7-8)12(16)17;/h2,4-5,7H,1H2,(H,14,15)(H,16,17);1H2. The molecule has 0 heterocycles. The lowest BCUT2D eigenvalue weighted by Crippen LogP contribution is -2.11. The highest BCUT2D eigenvalue weighted by atomic mass is 16.5. The van der Waals surface area contributed by atoms with Gasteiger partial charge in [-0.25, -0.2) is 14.4 Å². The van der Waals surface area contributed by atoms with Crippen LogP contribution in [0, 0.1) is 12.0 Å². The van der Waals surface area contributed by atoms with Gasteiger partial charge in [0.1, 0.15) is 6.11 Å². The average molecular weight is 278 g/mol. The third-order valence-electron chi connectivity index (χ3n) is 2.02. The van der Waals surface area contributed by atoms with Crippen LogP contribution < -0.4 is 0 Å². The fourth-order valence-electron chi connectivity index (χ4n) is 1.21. The van der Waals surface area contributed by atoms with Crippen LogP contribution in [0.25, 0.3) is 0 Å². The molecule has 0 unspecified atom stereocenters. The van der Waals surface area contributed by atoms with Crippen LogP contribution in [-0.2, 0) is 4.74 Å². The van der Waals surface area contributed by atoms with Gasteiger partial charge in [0.05, 0.1) is 16.7 Å².